The van der Waals surface area contributed by atoms with Crippen molar-refractivity contribution < 1.29 is 4.84 Å². The third kappa shape index (κ3) is 2.48. The number of allylic oxidation sites excluding steroid dienone is 2. The number of nitrogens with zero attached hydrogens (tertiary/aromatic N) is 3. The maximum absolute atomic E-state index is 5.54. The summed E-state index contributed by atoms with van der Waals surface area (Å²) in [6.07, 6.45) is 10.2. The molecule has 0 saturated heterocycles. The molecule has 0 amide bonds. The molecule has 0 aromatic heterocycles. The second-order valence-corrected chi connectivity index (χ2v) is 6.49. The van der Waals surface area contributed by atoms with Crippen molar-refractivity contribution in [3.05, 3.63) is 29.7 Å². The first kappa shape index (κ1) is 12.9. The summed E-state index contributed by atoms with van der Waals surface area (Å²) in [7, 11) is 0. The first-order valence-corrected chi connectivity index (χ1v) is 7.52. The highest BCUT2D eigenvalue weighted by atomic mass is 32.2. The van der Waals surface area contributed by atoms with Crippen LogP contribution >= 0.6 is 11.9 Å². The lowest BCUT2D eigenvalue weighted by atomic mass is 9.48. The maximum atomic E-state index is 5.54. The van der Waals surface area contributed by atoms with Crippen molar-refractivity contribution in [1.82, 2.24) is 0 Å². The molecule has 0 N–H and O–H groups in total. The smallest absolute Gasteiger partial charge is 0.185 e. The van der Waals surface area contributed by atoms with Crippen molar-refractivity contribution in [3.8, 4) is 0 Å². The van der Waals surface area contributed by atoms with Crippen LogP contribution < -0.4 is 0 Å². The molecule has 1 heterocycles. The Morgan fingerprint density at radius 1 is 1.42 bits per heavy atom. The quantitative estimate of drug-likeness (QED) is 0.424. The molecule has 4 rings (SSSR count). The van der Waals surface area contributed by atoms with Gasteiger partial charge in [-0.05, 0) is 42.1 Å². The van der Waals surface area contributed by atoms with Gasteiger partial charge in [0.25, 0.3) is 0 Å². The molecule has 0 aromatic carbocycles. The number of fused-ring (bicyclic) bond motifs is 2. The van der Waals surface area contributed by atoms with Crippen molar-refractivity contribution in [2.45, 2.75) is 33.1 Å². The average molecular weight is 276 g/mol. The predicted octanol–water partition coefficient (Wildman–Crippen LogP) is 4.49. The minimum atomic E-state index is 0.378. The Hall–Kier alpha value is -1.10. The fourth-order valence-corrected chi connectivity index (χ4v) is 3.58. The predicted molar refractivity (Wildman–Crippen MR) is 77.1 cm³/mol. The van der Waals surface area contributed by atoms with Crippen LogP contribution in [0, 0.1) is 23.4 Å². The van der Waals surface area contributed by atoms with Crippen molar-refractivity contribution in [3.63, 3.8) is 0 Å². The number of rotatable bonds is 2. The van der Waals surface area contributed by atoms with Crippen molar-refractivity contribution in [2.24, 2.45) is 32.0 Å². The van der Waals surface area contributed by atoms with Crippen LogP contribution in [0.1, 0.15) is 33.1 Å². The summed E-state index contributed by atoms with van der Waals surface area (Å²) in [5.41, 5.74) is 0.378. The van der Waals surface area contributed by atoms with Gasteiger partial charge in [-0.25, -0.2) is 0 Å². The minimum Gasteiger partial charge on any atom is -0.368 e. The zero-order valence-electron chi connectivity index (χ0n) is 11.2. The van der Waals surface area contributed by atoms with Crippen LogP contribution in [-0.2, 0) is 4.84 Å². The zero-order valence-corrected chi connectivity index (χ0v) is 12.1. The molecule has 2 unspecified atom stereocenters. The second-order valence-electron chi connectivity index (χ2n) is 5.83. The molecule has 4 nitrogen and oxygen atoms in total. The fraction of sp³-hybridized carbons (Fsp3) is 0.571. The van der Waals surface area contributed by atoms with Gasteiger partial charge < -0.3 is 4.84 Å². The highest BCUT2D eigenvalue weighted by molar-refractivity contribution is 8.01. The van der Waals surface area contributed by atoms with Gasteiger partial charge >= 0.3 is 0 Å². The zero-order chi connectivity index (χ0) is 13.3. The largest absolute Gasteiger partial charge is 0.368 e. The van der Waals surface area contributed by atoms with Crippen molar-refractivity contribution >= 4 is 17.8 Å². The van der Waals surface area contributed by atoms with Gasteiger partial charge in [0.1, 0.15) is 0 Å². The Labute approximate surface area is 118 Å². The van der Waals surface area contributed by atoms with Gasteiger partial charge in [-0.15, -0.1) is 0 Å². The van der Waals surface area contributed by atoms with Gasteiger partial charge in [0.05, 0.1) is 0 Å². The normalized spacial score (nSPS) is 32.8. The van der Waals surface area contributed by atoms with Gasteiger partial charge in [0, 0.05) is 23.1 Å². The van der Waals surface area contributed by atoms with Gasteiger partial charge in [0.15, 0.2) is 11.9 Å². The monoisotopic (exact) mass is 276 g/mol. The first-order chi connectivity index (χ1) is 9.18. The molecule has 3 aliphatic carbocycles. The summed E-state index contributed by atoms with van der Waals surface area (Å²) in [5.74, 6) is 1.99. The summed E-state index contributed by atoms with van der Waals surface area (Å²) < 4.78 is 4.17. The lowest BCUT2D eigenvalue weighted by Crippen LogP contribution is -2.51. The topological polar surface area (TPSA) is 46.3 Å². The molecule has 0 aromatic rings. The lowest BCUT2D eigenvalue weighted by molar-refractivity contribution is -0.110. The SMILES string of the molecule is CC1(C)C2CC[C](ON=NC3=NSC=CC=C3)C1C2. The van der Waals surface area contributed by atoms with Gasteiger partial charge in [-0.2, -0.15) is 4.40 Å². The number of hydrogen-bond donors (Lipinski definition) is 0. The van der Waals surface area contributed by atoms with E-state index in [1.807, 2.05) is 23.6 Å². The number of amidine groups is 1. The highest BCUT2D eigenvalue weighted by Crippen LogP contribution is 2.62. The summed E-state index contributed by atoms with van der Waals surface area (Å²) in [4.78, 5) is 5.54. The average Bonchev–Trinajstić information content (AvgIpc) is 2.67. The Balaban J connectivity index is 1.56. The summed E-state index contributed by atoms with van der Waals surface area (Å²) in [5, 5.41) is 9.78. The summed E-state index contributed by atoms with van der Waals surface area (Å²) >= 11 is 1.35. The Kier molecular flexibility index (Phi) is 3.48. The number of hydrogen-bond acceptors (Lipinski definition) is 5. The van der Waals surface area contributed by atoms with Crippen LogP contribution in [0.4, 0.5) is 0 Å². The van der Waals surface area contributed by atoms with E-state index in [1.165, 1.54) is 24.8 Å². The van der Waals surface area contributed by atoms with E-state index in [0.717, 1.165) is 18.4 Å². The Bertz CT molecular complexity index is 465. The van der Waals surface area contributed by atoms with E-state index in [2.05, 4.69) is 28.6 Å². The van der Waals surface area contributed by atoms with Crippen LogP contribution in [-0.4, -0.2) is 5.84 Å². The molecule has 4 aliphatic rings. The molecule has 101 valence electrons. The van der Waals surface area contributed by atoms with Crippen LogP contribution in [0.2, 0.25) is 0 Å². The van der Waals surface area contributed by atoms with Crippen LogP contribution in [0.15, 0.2) is 38.4 Å². The summed E-state index contributed by atoms with van der Waals surface area (Å²) in [6, 6.07) is 0. The molecule has 2 bridgehead atoms. The third-order valence-electron chi connectivity index (χ3n) is 4.54. The molecule has 19 heavy (non-hydrogen) atoms. The Morgan fingerprint density at radius 2 is 2.32 bits per heavy atom. The fourth-order valence-electron chi connectivity index (χ4n) is 3.16. The van der Waals surface area contributed by atoms with Gasteiger partial charge in [-0.1, -0.05) is 31.1 Å². The van der Waals surface area contributed by atoms with E-state index in [9.17, 15) is 0 Å². The van der Waals surface area contributed by atoms with E-state index in [0.29, 0.717) is 17.2 Å². The molecule has 0 spiro atoms. The molecule has 1 radical (unpaired) electrons. The standard InChI is InChI=1S/C14H18N3OS/c1-14(2)10-6-7-12(11(14)9-10)18-17-15-13-5-3-4-8-19-16-13/h3-5,8,10-11H,6-7,9H2,1-2H3. The van der Waals surface area contributed by atoms with Crippen molar-refractivity contribution in [1.29, 1.82) is 0 Å². The molecule has 1 aliphatic heterocycles. The van der Waals surface area contributed by atoms with E-state index < -0.39 is 0 Å². The molecule has 3 saturated carbocycles. The van der Waals surface area contributed by atoms with E-state index >= 15 is 0 Å². The molecular weight excluding hydrogens is 258 g/mol. The van der Waals surface area contributed by atoms with E-state index in [4.69, 9.17) is 4.84 Å². The van der Waals surface area contributed by atoms with E-state index in [1.54, 1.807) is 0 Å². The van der Waals surface area contributed by atoms with E-state index in [-0.39, 0.29) is 0 Å². The molecule has 3 fully saturated rings. The highest BCUT2D eigenvalue weighted by Gasteiger charge is 2.56. The van der Waals surface area contributed by atoms with Gasteiger partial charge in [-0.3, -0.25) is 0 Å². The Morgan fingerprint density at radius 3 is 3.11 bits per heavy atom. The first-order valence-electron chi connectivity index (χ1n) is 6.69. The van der Waals surface area contributed by atoms with Crippen LogP contribution in [0.25, 0.3) is 0 Å². The summed E-state index contributed by atoms with van der Waals surface area (Å²) in [6.45, 7) is 4.65. The van der Waals surface area contributed by atoms with Gasteiger partial charge in [0.2, 0.25) is 0 Å². The van der Waals surface area contributed by atoms with Crippen LogP contribution in [0.3, 0.4) is 0 Å². The molecular formula is C14H18N3OS. The van der Waals surface area contributed by atoms with Crippen LogP contribution in [0.5, 0.6) is 0 Å². The third-order valence-corrected chi connectivity index (χ3v) is 5.11. The minimum absolute atomic E-state index is 0.378. The second kappa shape index (κ2) is 5.12. The van der Waals surface area contributed by atoms with Crippen molar-refractivity contribution in [2.75, 3.05) is 0 Å². The molecule has 5 heteroatoms. The maximum Gasteiger partial charge on any atom is 0.185 e. The molecule has 2 atom stereocenters. The lowest BCUT2D eigenvalue weighted by Gasteiger charge is -2.57.